The van der Waals surface area contributed by atoms with Crippen molar-refractivity contribution in [3.05, 3.63) is 34.9 Å². The van der Waals surface area contributed by atoms with Crippen LogP contribution in [0.25, 0.3) is 0 Å². The van der Waals surface area contributed by atoms with Crippen LogP contribution in [0.1, 0.15) is 22.7 Å². The normalized spacial score (nSPS) is 37.8. The highest BCUT2D eigenvalue weighted by Crippen LogP contribution is 2.50. The molecule has 0 aromatic heterocycles. The fraction of sp³-hybridized carbons (Fsp3) is 0.538. The van der Waals surface area contributed by atoms with Crippen LogP contribution in [0.5, 0.6) is 0 Å². The third-order valence-electron chi connectivity index (χ3n) is 4.14. The maximum absolute atomic E-state index is 6.03. The van der Waals surface area contributed by atoms with Crippen molar-refractivity contribution in [3.8, 4) is 0 Å². The third kappa shape index (κ3) is 1.32. The van der Waals surface area contributed by atoms with Gasteiger partial charge in [-0.2, -0.15) is 0 Å². The summed E-state index contributed by atoms with van der Waals surface area (Å²) in [4.78, 5) is 0. The number of rotatable bonds is 1. The molecule has 1 aliphatic heterocycles. The van der Waals surface area contributed by atoms with Crippen LogP contribution in [0.3, 0.4) is 0 Å². The number of benzene rings is 1. The van der Waals surface area contributed by atoms with Crippen molar-refractivity contribution in [1.29, 1.82) is 0 Å². The molecular weight excluding hydrogens is 184 g/mol. The number of hydrogen-bond acceptors (Lipinski definition) is 2. The molecule has 1 aromatic carbocycles. The van der Waals surface area contributed by atoms with E-state index in [1.54, 1.807) is 0 Å². The highest BCUT2D eigenvalue weighted by atomic mass is 15.1. The van der Waals surface area contributed by atoms with E-state index in [9.17, 15) is 0 Å². The van der Waals surface area contributed by atoms with Crippen LogP contribution in [-0.4, -0.2) is 12.6 Å². The Labute approximate surface area is 90.9 Å². The molecule has 2 aliphatic rings. The van der Waals surface area contributed by atoms with Crippen molar-refractivity contribution in [1.82, 2.24) is 5.32 Å². The predicted molar refractivity (Wildman–Crippen MR) is 61.6 cm³/mol. The van der Waals surface area contributed by atoms with Gasteiger partial charge in [-0.15, -0.1) is 0 Å². The Morgan fingerprint density at radius 3 is 2.67 bits per heavy atom. The molecule has 1 heterocycles. The van der Waals surface area contributed by atoms with Gasteiger partial charge in [0.1, 0.15) is 0 Å². The molecule has 3 rings (SSSR count). The van der Waals surface area contributed by atoms with Gasteiger partial charge >= 0.3 is 0 Å². The van der Waals surface area contributed by atoms with Crippen LogP contribution in [0.15, 0.2) is 18.2 Å². The largest absolute Gasteiger partial charge is 0.327 e. The first-order valence-electron chi connectivity index (χ1n) is 5.74. The van der Waals surface area contributed by atoms with Gasteiger partial charge in [0.2, 0.25) is 0 Å². The zero-order valence-electron chi connectivity index (χ0n) is 9.33. The molecule has 0 spiro atoms. The van der Waals surface area contributed by atoms with Crippen molar-refractivity contribution in [2.45, 2.75) is 25.9 Å². The minimum atomic E-state index is 0.442. The Hall–Kier alpha value is -0.860. The lowest BCUT2D eigenvalue weighted by molar-refractivity contribution is 0.536. The molecule has 2 nitrogen and oxygen atoms in total. The van der Waals surface area contributed by atoms with E-state index in [0.29, 0.717) is 18.0 Å². The number of nitrogens with two attached hydrogens (primary N) is 1. The van der Waals surface area contributed by atoms with Crippen LogP contribution in [0.4, 0.5) is 0 Å². The maximum Gasteiger partial charge on any atom is 0.0367 e. The van der Waals surface area contributed by atoms with Crippen LogP contribution in [0.2, 0.25) is 0 Å². The minimum Gasteiger partial charge on any atom is -0.327 e. The second-order valence-corrected chi connectivity index (χ2v) is 5.05. The van der Waals surface area contributed by atoms with Crippen molar-refractivity contribution < 1.29 is 0 Å². The summed E-state index contributed by atoms with van der Waals surface area (Å²) in [6.45, 7) is 5.44. The molecule has 0 bridgehead atoms. The Morgan fingerprint density at radius 1 is 1.27 bits per heavy atom. The van der Waals surface area contributed by atoms with E-state index >= 15 is 0 Å². The first-order valence-corrected chi connectivity index (χ1v) is 5.74. The van der Waals surface area contributed by atoms with Crippen molar-refractivity contribution in [2.24, 2.45) is 17.6 Å². The molecule has 1 saturated heterocycles. The van der Waals surface area contributed by atoms with Gasteiger partial charge in [-0.3, -0.25) is 0 Å². The van der Waals surface area contributed by atoms with E-state index in [1.165, 1.54) is 16.7 Å². The van der Waals surface area contributed by atoms with Crippen molar-refractivity contribution in [3.63, 3.8) is 0 Å². The Morgan fingerprint density at radius 2 is 2.07 bits per heavy atom. The fourth-order valence-corrected chi connectivity index (χ4v) is 2.87. The molecule has 0 radical (unpaired) electrons. The summed E-state index contributed by atoms with van der Waals surface area (Å²) in [6.07, 6.45) is 0. The lowest BCUT2D eigenvalue weighted by Gasteiger charge is -2.16. The van der Waals surface area contributed by atoms with Crippen molar-refractivity contribution in [2.75, 3.05) is 6.54 Å². The molecule has 2 fully saturated rings. The number of aryl methyl sites for hydroxylation is 2. The fourth-order valence-electron chi connectivity index (χ4n) is 2.87. The van der Waals surface area contributed by atoms with Gasteiger partial charge in [0, 0.05) is 18.6 Å². The average molecular weight is 202 g/mol. The molecule has 3 N–H and O–H groups in total. The Balaban J connectivity index is 1.90. The highest BCUT2D eigenvalue weighted by Gasteiger charge is 2.56. The molecular formula is C13H18N2. The summed E-state index contributed by atoms with van der Waals surface area (Å²) in [7, 11) is 0. The van der Waals surface area contributed by atoms with Gasteiger partial charge in [0.25, 0.3) is 0 Å². The van der Waals surface area contributed by atoms with E-state index in [4.69, 9.17) is 5.73 Å². The topological polar surface area (TPSA) is 38.0 Å². The van der Waals surface area contributed by atoms with Crippen LogP contribution in [0, 0.1) is 25.7 Å². The molecule has 0 amide bonds. The highest BCUT2D eigenvalue weighted by molar-refractivity contribution is 5.34. The van der Waals surface area contributed by atoms with Gasteiger partial charge in [0.15, 0.2) is 0 Å². The summed E-state index contributed by atoms with van der Waals surface area (Å²) in [6, 6.07) is 7.71. The van der Waals surface area contributed by atoms with Crippen LogP contribution in [-0.2, 0) is 0 Å². The standard InChI is InChI=1S/C13H18N2/c1-7-3-4-9(5-8(7)2)13-11-10(6-15-13)12(11)14/h3-5,10-13,15H,6,14H2,1-2H3. The SMILES string of the molecule is Cc1ccc(C2NCC3C(N)C23)cc1C. The monoisotopic (exact) mass is 202 g/mol. The zero-order chi connectivity index (χ0) is 10.6. The molecule has 1 aliphatic carbocycles. The van der Waals surface area contributed by atoms with E-state index < -0.39 is 0 Å². The summed E-state index contributed by atoms with van der Waals surface area (Å²) in [5.41, 5.74) is 10.2. The summed E-state index contributed by atoms with van der Waals surface area (Å²) in [5, 5.41) is 3.57. The number of nitrogens with one attached hydrogen (secondary N) is 1. The molecule has 80 valence electrons. The second kappa shape index (κ2) is 3.06. The second-order valence-electron chi connectivity index (χ2n) is 5.05. The van der Waals surface area contributed by atoms with E-state index in [1.807, 2.05) is 0 Å². The molecule has 1 saturated carbocycles. The van der Waals surface area contributed by atoms with E-state index in [0.717, 1.165) is 12.5 Å². The number of fused-ring (bicyclic) bond motifs is 1. The van der Waals surface area contributed by atoms with Gasteiger partial charge in [-0.1, -0.05) is 18.2 Å². The lowest BCUT2D eigenvalue weighted by atomic mass is 9.98. The quantitative estimate of drug-likeness (QED) is 0.724. The maximum atomic E-state index is 6.03. The van der Waals surface area contributed by atoms with Gasteiger partial charge in [-0.05, 0) is 42.4 Å². The first kappa shape index (κ1) is 9.37. The number of hydrogen-bond donors (Lipinski definition) is 2. The molecule has 15 heavy (non-hydrogen) atoms. The van der Waals surface area contributed by atoms with E-state index in [2.05, 4.69) is 37.4 Å². The van der Waals surface area contributed by atoms with Gasteiger partial charge < -0.3 is 11.1 Å². The van der Waals surface area contributed by atoms with Crippen LogP contribution >= 0.6 is 0 Å². The summed E-state index contributed by atoms with van der Waals surface area (Å²) >= 11 is 0. The first-order chi connectivity index (χ1) is 7.18. The average Bonchev–Trinajstić information content (AvgIpc) is 2.69. The third-order valence-corrected chi connectivity index (χ3v) is 4.14. The summed E-state index contributed by atoms with van der Waals surface area (Å²) < 4.78 is 0. The minimum absolute atomic E-state index is 0.442. The number of piperidine rings is 1. The predicted octanol–water partition coefficient (Wildman–Crippen LogP) is 1.52. The molecule has 1 aromatic rings. The zero-order valence-corrected chi connectivity index (χ0v) is 9.33. The van der Waals surface area contributed by atoms with E-state index in [-0.39, 0.29) is 0 Å². The van der Waals surface area contributed by atoms with Crippen molar-refractivity contribution >= 4 is 0 Å². The van der Waals surface area contributed by atoms with Gasteiger partial charge in [-0.25, -0.2) is 0 Å². The van der Waals surface area contributed by atoms with Crippen LogP contribution < -0.4 is 11.1 Å². The summed E-state index contributed by atoms with van der Waals surface area (Å²) in [5.74, 6) is 1.42. The Kier molecular flexibility index (Phi) is 1.91. The smallest absolute Gasteiger partial charge is 0.0367 e. The molecule has 4 atom stereocenters. The lowest BCUT2D eigenvalue weighted by Crippen LogP contribution is -2.25. The molecule has 2 heteroatoms. The molecule has 4 unspecified atom stereocenters. The van der Waals surface area contributed by atoms with Gasteiger partial charge in [0.05, 0.1) is 0 Å². The Bertz CT molecular complexity index is 400.